The Morgan fingerprint density at radius 3 is 2.50 bits per heavy atom. The van der Waals surface area contributed by atoms with E-state index in [1.807, 2.05) is 0 Å². The van der Waals surface area contributed by atoms with Crippen molar-refractivity contribution in [3.05, 3.63) is 0 Å². The van der Waals surface area contributed by atoms with Gasteiger partial charge < -0.3 is 15.8 Å². The smallest absolute Gasteiger partial charge is 0.324 e. The molecule has 0 aliphatic heterocycles. The van der Waals surface area contributed by atoms with E-state index in [0.717, 1.165) is 0 Å². The molecule has 0 radical (unpaired) electrons. The Morgan fingerprint density at radius 2 is 2.06 bits per heavy atom. The van der Waals surface area contributed by atoms with Crippen LogP contribution in [0.2, 0.25) is 0 Å². The molecule has 0 heterocycles. The topological polar surface area (TPSA) is 64.3 Å². The lowest BCUT2D eigenvalue weighted by Crippen LogP contribution is -2.47. The summed E-state index contributed by atoms with van der Waals surface area (Å²) >= 11 is 0. The number of nitrogens with two attached hydrogens (primary N) is 1. The molecule has 0 aliphatic rings. The van der Waals surface area contributed by atoms with Crippen molar-refractivity contribution in [3.63, 3.8) is 0 Å². The average molecular weight is 246 g/mol. The largest absolute Gasteiger partial charge is 0.385 e. The molecule has 16 heavy (non-hydrogen) atoms. The Balaban J connectivity index is 3.97. The maximum atomic E-state index is 12.4. The van der Waals surface area contributed by atoms with Crippen molar-refractivity contribution >= 4 is 5.91 Å². The number of methoxy groups -OCH3 is 1. The number of carbonyl (C=O) groups excluding carboxylic acids is 1. The van der Waals surface area contributed by atoms with Gasteiger partial charge in [0, 0.05) is 13.7 Å². The highest BCUT2D eigenvalue weighted by atomic mass is 19.3. The normalized spacial score (nSPS) is 13.9. The van der Waals surface area contributed by atoms with Crippen LogP contribution in [0.3, 0.4) is 0 Å². The van der Waals surface area contributed by atoms with Crippen LogP contribution < -0.4 is 11.1 Å². The summed E-state index contributed by atoms with van der Waals surface area (Å²) in [5.41, 5.74) is 5.28. The number of hydrogen-bond acceptors (Lipinski definition) is 3. The van der Waals surface area contributed by atoms with Crippen molar-refractivity contribution in [2.45, 2.75) is 24.8 Å². The van der Waals surface area contributed by atoms with Gasteiger partial charge in [-0.3, -0.25) is 4.79 Å². The summed E-state index contributed by atoms with van der Waals surface area (Å²) in [5.74, 6) is -5.14. The summed E-state index contributed by atoms with van der Waals surface area (Å²) < 4.78 is 52.8. The van der Waals surface area contributed by atoms with Crippen molar-refractivity contribution in [2.75, 3.05) is 20.3 Å². The van der Waals surface area contributed by atoms with Crippen LogP contribution in [0.1, 0.15) is 6.42 Å². The monoisotopic (exact) mass is 246 g/mol. The lowest BCUT2D eigenvalue weighted by atomic mass is 10.2. The quantitative estimate of drug-likeness (QED) is 0.638. The van der Waals surface area contributed by atoms with Crippen LogP contribution in [0, 0.1) is 0 Å². The summed E-state index contributed by atoms with van der Waals surface area (Å²) in [6, 6.07) is -1.05. The van der Waals surface area contributed by atoms with E-state index in [1.54, 1.807) is 5.32 Å². The molecule has 0 fully saturated rings. The van der Waals surface area contributed by atoms with Gasteiger partial charge in [-0.05, 0) is 6.42 Å². The van der Waals surface area contributed by atoms with E-state index >= 15 is 0 Å². The zero-order valence-electron chi connectivity index (χ0n) is 8.68. The van der Waals surface area contributed by atoms with Gasteiger partial charge in [-0.15, -0.1) is 0 Å². The Bertz CT molecular complexity index is 226. The molecule has 0 rings (SSSR count). The number of carbonyl (C=O) groups is 1. The number of hydrogen-bond donors (Lipinski definition) is 2. The van der Waals surface area contributed by atoms with Crippen molar-refractivity contribution < 1.29 is 27.1 Å². The molecule has 96 valence electrons. The fourth-order valence-corrected chi connectivity index (χ4v) is 0.789. The molecule has 0 aromatic heterocycles. The predicted molar refractivity (Wildman–Crippen MR) is 48.4 cm³/mol. The SMILES string of the molecule is COCCC(N)C(=O)NCC(F)(F)C(F)F. The zero-order chi connectivity index (χ0) is 12.8. The van der Waals surface area contributed by atoms with Gasteiger partial charge in [0.05, 0.1) is 12.6 Å². The first-order valence-electron chi connectivity index (χ1n) is 4.49. The van der Waals surface area contributed by atoms with Crippen molar-refractivity contribution in [1.82, 2.24) is 5.32 Å². The minimum Gasteiger partial charge on any atom is -0.385 e. The summed E-state index contributed by atoms with van der Waals surface area (Å²) in [6.45, 7) is -1.25. The summed E-state index contributed by atoms with van der Waals surface area (Å²) in [7, 11) is 1.38. The molecule has 1 atom stereocenters. The van der Waals surface area contributed by atoms with E-state index in [9.17, 15) is 22.4 Å². The number of halogens is 4. The van der Waals surface area contributed by atoms with Crippen molar-refractivity contribution in [2.24, 2.45) is 5.73 Å². The molecule has 4 nitrogen and oxygen atoms in total. The first-order chi connectivity index (χ1) is 7.31. The molecule has 8 heteroatoms. The lowest BCUT2D eigenvalue weighted by Gasteiger charge is -2.17. The first kappa shape index (κ1) is 15.1. The molecule has 0 aromatic rings. The van der Waals surface area contributed by atoms with Gasteiger partial charge in [0.1, 0.15) is 0 Å². The molecular formula is C8H14F4N2O2. The lowest BCUT2D eigenvalue weighted by molar-refractivity contribution is -0.137. The van der Waals surface area contributed by atoms with Crippen LogP contribution in [0.25, 0.3) is 0 Å². The van der Waals surface area contributed by atoms with Gasteiger partial charge in [-0.1, -0.05) is 0 Å². The predicted octanol–water partition coefficient (Wildman–Crippen LogP) is 0.367. The Kier molecular flexibility index (Phi) is 6.27. The van der Waals surface area contributed by atoms with Gasteiger partial charge in [-0.2, -0.15) is 8.78 Å². The number of alkyl halides is 4. The molecule has 3 N–H and O–H groups in total. The summed E-state index contributed by atoms with van der Waals surface area (Å²) in [6.07, 6.45) is -3.69. The summed E-state index contributed by atoms with van der Waals surface area (Å²) in [5, 5.41) is 1.66. The van der Waals surface area contributed by atoms with Crippen molar-refractivity contribution in [3.8, 4) is 0 Å². The maximum Gasteiger partial charge on any atom is 0.324 e. The van der Waals surface area contributed by atoms with E-state index in [4.69, 9.17) is 5.73 Å². The van der Waals surface area contributed by atoms with Gasteiger partial charge >= 0.3 is 12.3 Å². The molecule has 0 saturated carbocycles. The van der Waals surface area contributed by atoms with E-state index in [0.29, 0.717) is 0 Å². The number of rotatable bonds is 7. The molecule has 0 saturated heterocycles. The highest BCUT2D eigenvalue weighted by molar-refractivity contribution is 5.81. The molecule has 1 amide bonds. The fraction of sp³-hybridized carbons (Fsp3) is 0.875. The molecule has 0 aromatic carbocycles. The average Bonchev–Trinajstić information content (AvgIpc) is 2.22. The molecule has 0 spiro atoms. The number of amides is 1. The highest BCUT2D eigenvalue weighted by Crippen LogP contribution is 2.21. The van der Waals surface area contributed by atoms with Gasteiger partial charge in [0.15, 0.2) is 0 Å². The maximum absolute atomic E-state index is 12.4. The second kappa shape index (κ2) is 6.64. The van der Waals surface area contributed by atoms with Crippen LogP contribution in [0.4, 0.5) is 17.6 Å². The van der Waals surface area contributed by atoms with E-state index in [1.165, 1.54) is 7.11 Å². The van der Waals surface area contributed by atoms with E-state index in [2.05, 4.69) is 4.74 Å². The second-order valence-corrected chi connectivity index (χ2v) is 3.17. The van der Waals surface area contributed by atoms with Crippen LogP contribution in [-0.2, 0) is 9.53 Å². The van der Waals surface area contributed by atoms with Gasteiger partial charge in [0.2, 0.25) is 5.91 Å². The number of ether oxygens (including phenoxy) is 1. The third kappa shape index (κ3) is 5.26. The molecule has 0 aliphatic carbocycles. The minimum atomic E-state index is -4.24. The second-order valence-electron chi connectivity index (χ2n) is 3.17. The van der Waals surface area contributed by atoms with Crippen LogP contribution >= 0.6 is 0 Å². The third-order valence-corrected chi connectivity index (χ3v) is 1.79. The fourth-order valence-electron chi connectivity index (χ4n) is 0.789. The summed E-state index contributed by atoms with van der Waals surface area (Å²) in [4.78, 5) is 11.0. The minimum absolute atomic E-state index is 0.128. The third-order valence-electron chi connectivity index (χ3n) is 1.79. The van der Waals surface area contributed by atoms with Crippen LogP contribution in [0.15, 0.2) is 0 Å². The highest BCUT2D eigenvalue weighted by Gasteiger charge is 2.41. The van der Waals surface area contributed by atoms with E-state index in [-0.39, 0.29) is 13.0 Å². The Labute approximate surface area is 90.1 Å². The van der Waals surface area contributed by atoms with Crippen molar-refractivity contribution in [1.29, 1.82) is 0 Å². The molecule has 1 unspecified atom stereocenters. The van der Waals surface area contributed by atoms with Gasteiger partial charge in [0.25, 0.3) is 0 Å². The zero-order valence-corrected chi connectivity index (χ0v) is 8.68. The first-order valence-corrected chi connectivity index (χ1v) is 4.49. The molecular weight excluding hydrogens is 232 g/mol. The number of nitrogens with one attached hydrogen (secondary N) is 1. The van der Waals surface area contributed by atoms with Crippen LogP contribution in [0.5, 0.6) is 0 Å². The Hall–Kier alpha value is -0.890. The Morgan fingerprint density at radius 1 is 1.50 bits per heavy atom. The molecule has 0 bridgehead atoms. The van der Waals surface area contributed by atoms with Gasteiger partial charge in [-0.25, -0.2) is 8.78 Å². The van der Waals surface area contributed by atoms with E-state index < -0.39 is 30.8 Å². The van der Waals surface area contributed by atoms with Crippen LogP contribution in [-0.4, -0.2) is 44.6 Å². The standard InChI is InChI=1S/C8H14F4N2O2/c1-16-3-2-5(13)6(15)14-4-8(11,12)7(9)10/h5,7H,2-4,13H2,1H3,(H,14,15).